The van der Waals surface area contributed by atoms with Crippen LogP contribution in [0.25, 0.3) is 0 Å². The molecule has 1 fully saturated rings. The molecule has 2 N–H and O–H groups in total. The highest BCUT2D eigenvalue weighted by atomic mass is 19.1. The number of likely N-dealkylation sites (N-methyl/N-ethyl adjacent to an activating group) is 1. The van der Waals surface area contributed by atoms with Crippen LogP contribution in [0, 0.1) is 11.6 Å². The minimum atomic E-state index is -1.14. The Bertz CT molecular complexity index is 1280. The summed E-state index contributed by atoms with van der Waals surface area (Å²) in [5.41, 5.74) is 7.90. The van der Waals surface area contributed by atoms with Crippen molar-refractivity contribution >= 4 is 17.7 Å². The van der Waals surface area contributed by atoms with Crippen molar-refractivity contribution in [3.05, 3.63) is 107 Å². The van der Waals surface area contributed by atoms with Crippen molar-refractivity contribution in [2.45, 2.75) is 50.2 Å². The molecular weight excluding hydrogens is 488 g/mol. The first kappa shape index (κ1) is 27.1. The maximum Gasteiger partial charge on any atom is 0.246 e. The van der Waals surface area contributed by atoms with Crippen LogP contribution in [-0.2, 0) is 20.8 Å². The monoisotopic (exact) mass is 519 g/mol. The number of hydrogen-bond donors (Lipinski definition) is 1. The zero-order chi connectivity index (χ0) is 27.4. The smallest absolute Gasteiger partial charge is 0.246 e. The summed E-state index contributed by atoms with van der Waals surface area (Å²) >= 11 is 0. The molecule has 3 amide bonds. The number of amides is 3. The number of nitrogens with two attached hydrogens (primary N) is 1. The van der Waals surface area contributed by atoms with E-state index in [0.29, 0.717) is 12.5 Å². The van der Waals surface area contributed by atoms with Crippen LogP contribution in [0.3, 0.4) is 0 Å². The molecule has 0 aliphatic carbocycles. The molecule has 1 aliphatic heterocycles. The van der Waals surface area contributed by atoms with Gasteiger partial charge in [-0.15, -0.1) is 0 Å². The highest BCUT2D eigenvalue weighted by Crippen LogP contribution is 2.39. The zero-order valence-corrected chi connectivity index (χ0v) is 21.4. The predicted molar refractivity (Wildman–Crippen MR) is 140 cm³/mol. The molecule has 3 aromatic rings. The number of hydrogen-bond acceptors (Lipinski definition) is 4. The summed E-state index contributed by atoms with van der Waals surface area (Å²) in [7, 11) is 1.67. The van der Waals surface area contributed by atoms with Gasteiger partial charge in [0.2, 0.25) is 17.7 Å². The normalized spacial score (nSPS) is 20.5. The molecule has 0 saturated carbocycles. The van der Waals surface area contributed by atoms with E-state index in [1.54, 1.807) is 11.9 Å². The Morgan fingerprint density at radius 3 is 2.05 bits per heavy atom. The first-order valence-electron chi connectivity index (χ1n) is 12.6. The quantitative estimate of drug-likeness (QED) is 0.525. The summed E-state index contributed by atoms with van der Waals surface area (Å²) in [4.78, 5) is 43.4. The van der Waals surface area contributed by atoms with E-state index < -0.39 is 47.9 Å². The number of carbonyl (C=O) groups is 3. The molecule has 0 bridgehead atoms. The van der Waals surface area contributed by atoms with Crippen LogP contribution in [0.1, 0.15) is 48.4 Å². The minimum Gasteiger partial charge on any atom is -0.337 e. The lowest BCUT2D eigenvalue weighted by molar-refractivity contribution is -0.155. The van der Waals surface area contributed by atoms with Crippen molar-refractivity contribution in [2.75, 3.05) is 7.05 Å². The Kier molecular flexibility index (Phi) is 8.32. The van der Waals surface area contributed by atoms with Gasteiger partial charge in [0.25, 0.3) is 0 Å². The van der Waals surface area contributed by atoms with E-state index >= 15 is 0 Å². The lowest BCUT2D eigenvalue weighted by Gasteiger charge is -2.33. The molecular formula is C30H31F2N3O3. The van der Waals surface area contributed by atoms with E-state index in [9.17, 15) is 23.2 Å². The standard InChI is InChI=1S/C30H31F2N3O3/c1-19(33)29(37)35(28(36)15-20-13-24(31)18-25(32)14-20)27-17-23(21-9-5-3-6-10-21)16-26(34(2)30(27)38)22-11-7-4-8-12-22/h3-14,18-19,23,26-27H,15-17,33H2,1-2H3/t19-,23+,26-,27-/m0/s1. The fraction of sp³-hybridized carbons (Fsp3) is 0.300. The van der Waals surface area contributed by atoms with Gasteiger partial charge in [-0.1, -0.05) is 60.7 Å². The maximum atomic E-state index is 14.0. The van der Waals surface area contributed by atoms with E-state index in [2.05, 4.69) is 0 Å². The third-order valence-electron chi connectivity index (χ3n) is 7.06. The van der Waals surface area contributed by atoms with Crippen LogP contribution < -0.4 is 5.73 Å². The van der Waals surface area contributed by atoms with Gasteiger partial charge in [0.1, 0.15) is 17.7 Å². The second-order valence-electron chi connectivity index (χ2n) is 9.82. The first-order chi connectivity index (χ1) is 18.2. The summed E-state index contributed by atoms with van der Waals surface area (Å²) < 4.78 is 27.6. The van der Waals surface area contributed by atoms with Gasteiger partial charge in [-0.2, -0.15) is 0 Å². The van der Waals surface area contributed by atoms with Crippen LogP contribution in [-0.4, -0.2) is 46.7 Å². The number of benzene rings is 3. The predicted octanol–water partition coefficient (Wildman–Crippen LogP) is 4.36. The summed E-state index contributed by atoms with van der Waals surface area (Å²) in [6, 6.07) is 19.5. The molecule has 4 atom stereocenters. The largest absolute Gasteiger partial charge is 0.337 e. The Morgan fingerprint density at radius 2 is 1.50 bits per heavy atom. The summed E-state index contributed by atoms with van der Waals surface area (Å²) in [6.45, 7) is 1.44. The molecule has 6 nitrogen and oxygen atoms in total. The van der Waals surface area contributed by atoms with Gasteiger partial charge in [0.05, 0.1) is 18.5 Å². The maximum absolute atomic E-state index is 14.0. The Balaban J connectivity index is 1.76. The number of halogens is 2. The van der Waals surface area contributed by atoms with Crippen molar-refractivity contribution in [2.24, 2.45) is 5.73 Å². The van der Waals surface area contributed by atoms with Crippen LogP contribution in [0.15, 0.2) is 78.9 Å². The van der Waals surface area contributed by atoms with Gasteiger partial charge in [-0.3, -0.25) is 19.3 Å². The average Bonchev–Trinajstić information content (AvgIpc) is 3.01. The third kappa shape index (κ3) is 5.97. The average molecular weight is 520 g/mol. The van der Waals surface area contributed by atoms with Gasteiger partial charge < -0.3 is 10.6 Å². The molecule has 1 heterocycles. The van der Waals surface area contributed by atoms with Crippen LogP contribution in [0.4, 0.5) is 8.78 Å². The van der Waals surface area contributed by atoms with Gasteiger partial charge in [-0.25, -0.2) is 8.78 Å². The SMILES string of the molecule is C[C@H](N)C(=O)N(C(=O)Cc1cc(F)cc(F)c1)[C@H]1C[C@H](c2ccccc2)C[C@@H](c2ccccc2)N(C)C1=O. The summed E-state index contributed by atoms with van der Waals surface area (Å²) in [5.74, 6) is -3.69. The topological polar surface area (TPSA) is 83.7 Å². The highest BCUT2D eigenvalue weighted by Gasteiger charge is 2.43. The fourth-order valence-corrected chi connectivity index (χ4v) is 5.17. The van der Waals surface area contributed by atoms with Gasteiger partial charge in [-0.05, 0) is 54.5 Å². The number of likely N-dealkylation sites (tertiary alicyclic amines) is 1. The molecule has 8 heteroatoms. The van der Waals surface area contributed by atoms with Crippen LogP contribution in [0.2, 0.25) is 0 Å². The number of imide groups is 1. The number of rotatable bonds is 6. The molecule has 0 spiro atoms. The van der Waals surface area contributed by atoms with E-state index in [1.165, 1.54) is 6.92 Å². The zero-order valence-electron chi connectivity index (χ0n) is 21.4. The molecule has 1 saturated heterocycles. The fourth-order valence-electron chi connectivity index (χ4n) is 5.17. The highest BCUT2D eigenvalue weighted by molar-refractivity contribution is 6.03. The van der Waals surface area contributed by atoms with Gasteiger partial charge in [0.15, 0.2) is 0 Å². The Labute approximate surface area is 221 Å². The lowest BCUT2D eigenvalue weighted by atomic mass is 9.86. The molecule has 1 aliphatic rings. The van der Waals surface area contributed by atoms with E-state index in [0.717, 1.165) is 28.2 Å². The van der Waals surface area contributed by atoms with Crippen molar-refractivity contribution in [3.63, 3.8) is 0 Å². The van der Waals surface area contributed by atoms with Crippen LogP contribution in [0.5, 0.6) is 0 Å². The summed E-state index contributed by atoms with van der Waals surface area (Å²) in [5, 5.41) is 0. The van der Waals surface area contributed by atoms with Crippen LogP contribution >= 0.6 is 0 Å². The Hall–Kier alpha value is -3.91. The molecule has 0 unspecified atom stereocenters. The molecule has 0 aromatic heterocycles. The molecule has 0 radical (unpaired) electrons. The number of carbonyl (C=O) groups excluding carboxylic acids is 3. The molecule has 198 valence electrons. The van der Waals surface area contributed by atoms with Crippen molar-refractivity contribution in [1.29, 1.82) is 0 Å². The minimum absolute atomic E-state index is 0.0613. The van der Waals surface area contributed by atoms with Crippen molar-refractivity contribution in [3.8, 4) is 0 Å². The van der Waals surface area contributed by atoms with Crippen molar-refractivity contribution < 1.29 is 23.2 Å². The van der Waals surface area contributed by atoms with E-state index in [-0.39, 0.29) is 23.9 Å². The third-order valence-corrected chi connectivity index (χ3v) is 7.06. The molecule has 4 rings (SSSR count). The molecule has 3 aromatic carbocycles. The summed E-state index contributed by atoms with van der Waals surface area (Å²) in [6.07, 6.45) is 0.313. The first-order valence-corrected chi connectivity index (χ1v) is 12.6. The number of nitrogens with zero attached hydrogens (tertiary/aromatic N) is 2. The second kappa shape index (κ2) is 11.6. The molecule has 38 heavy (non-hydrogen) atoms. The van der Waals surface area contributed by atoms with E-state index in [1.807, 2.05) is 60.7 Å². The lowest BCUT2D eigenvalue weighted by Crippen LogP contribution is -2.56. The van der Waals surface area contributed by atoms with Crippen molar-refractivity contribution in [1.82, 2.24) is 9.80 Å². The Morgan fingerprint density at radius 1 is 0.947 bits per heavy atom. The van der Waals surface area contributed by atoms with Gasteiger partial charge in [0, 0.05) is 13.1 Å². The van der Waals surface area contributed by atoms with Gasteiger partial charge >= 0.3 is 0 Å². The van der Waals surface area contributed by atoms with E-state index in [4.69, 9.17) is 5.73 Å². The second-order valence-corrected chi connectivity index (χ2v) is 9.82.